The number of aryl methyl sites for hydroxylation is 1. The van der Waals surface area contributed by atoms with Gasteiger partial charge in [-0.2, -0.15) is 5.10 Å². The second-order valence-electron chi connectivity index (χ2n) is 4.82. The molecule has 0 fully saturated rings. The normalized spacial score (nSPS) is 18.5. The highest BCUT2D eigenvalue weighted by atomic mass is 35.5. The molecular formula is C14H16ClN3O. The van der Waals surface area contributed by atoms with Crippen LogP contribution in [0.3, 0.4) is 0 Å². The molecule has 1 unspecified atom stereocenters. The maximum atomic E-state index is 6.23. The first-order valence-electron chi connectivity index (χ1n) is 6.39. The molecule has 4 nitrogen and oxygen atoms in total. The van der Waals surface area contributed by atoms with Gasteiger partial charge in [-0.1, -0.05) is 23.7 Å². The fraction of sp³-hybridized carbons (Fsp3) is 0.357. The molecule has 19 heavy (non-hydrogen) atoms. The number of para-hydroxylation sites is 1. The number of nitrogens with two attached hydrogens (primary N) is 1. The minimum absolute atomic E-state index is 0.0879. The van der Waals surface area contributed by atoms with Gasteiger partial charge in [-0.3, -0.25) is 0 Å². The third-order valence-electron chi connectivity index (χ3n) is 3.41. The maximum Gasteiger partial charge on any atom is 0.143 e. The van der Waals surface area contributed by atoms with Crippen LogP contribution in [0, 0.1) is 6.92 Å². The lowest BCUT2D eigenvalue weighted by Gasteiger charge is -2.19. The summed E-state index contributed by atoms with van der Waals surface area (Å²) in [6, 6.07) is 7.80. The van der Waals surface area contributed by atoms with E-state index in [2.05, 4.69) is 5.10 Å². The fourth-order valence-corrected chi connectivity index (χ4v) is 2.82. The minimum atomic E-state index is 0.0879. The second kappa shape index (κ2) is 4.78. The standard InChI is InChI=1S/C14H16ClN3O/c1-9-8-13(16)18(17-9)12-6-3-7-19-14-10(12)4-2-5-11(14)15/h2,4-5,8,12H,3,6-7,16H2,1H3. The molecule has 0 saturated heterocycles. The van der Waals surface area contributed by atoms with Gasteiger partial charge in [0.1, 0.15) is 11.6 Å². The predicted molar refractivity (Wildman–Crippen MR) is 75.7 cm³/mol. The first kappa shape index (κ1) is 12.4. The molecule has 1 aromatic carbocycles. The Morgan fingerprint density at radius 3 is 3.05 bits per heavy atom. The van der Waals surface area contributed by atoms with E-state index in [0.717, 1.165) is 29.8 Å². The van der Waals surface area contributed by atoms with Crippen molar-refractivity contribution in [2.24, 2.45) is 0 Å². The van der Waals surface area contributed by atoms with E-state index in [-0.39, 0.29) is 6.04 Å². The number of fused-ring (bicyclic) bond motifs is 1. The highest BCUT2D eigenvalue weighted by molar-refractivity contribution is 6.32. The summed E-state index contributed by atoms with van der Waals surface area (Å²) in [5, 5.41) is 5.14. The summed E-state index contributed by atoms with van der Waals surface area (Å²) in [5.41, 5.74) is 8.02. The monoisotopic (exact) mass is 277 g/mol. The molecule has 3 rings (SSSR count). The Bertz CT molecular complexity index is 609. The number of anilines is 1. The number of benzene rings is 1. The van der Waals surface area contributed by atoms with Crippen molar-refractivity contribution in [1.29, 1.82) is 0 Å². The molecule has 2 N–H and O–H groups in total. The summed E-state index contributed by atoms with van der Waals surface area (Å²) >= 11 is 6.23. The molecule has 1 aliphatic rings. The number of hydrogen-bond acceptors (Lipinski definition) is 3. The van der Waals surface area contributed by atoms with Crippen molar-refractivity contribution in [3.63, 3.8) is 0 Å². The van der Waals surface area contributed by atoms with Crippen molar-refractivity contribution >= 4 is 17.4 Å². The molecular weight excluding hydrogens is 262 g/mol. The van der Waals surface area contributed by atoms with E-state index in [4.69, 9.17) is 22.1 Å². The number of aromatic nitrogens is 2. The third kappa shape index (κ3) is 2.16. The fourth-order valence-electron chi connectivity index (χ4n) is 2.59. The van der Waals surface area contributed by atoms with Crippen LogP contribution < -0.4 is 10.5 Å². The zero-order valence-corrected chi connectivity index (χ0v) is 11.5. The van der Waals surface area contributed by atoms with Gasteiger partial charge in [0.25, 0.3) is 0 Å². The lowest BCUT2D eigenvalue weighted by atomic mass is 10.0. The molecule has 0 amide bonds. The lowest BCUT2D eigenvalue weighted by Crippen LogP contribution is -2.14. The first-order valence-corrected chi connectivity index (χ1v) is 6.77. The van der Waals surface area contributed by atoms with E-state index < -0.39 is 0 Å². The number of nitrogens with zero attached hydrogens (tertiary/aromatic N) is 2. The van der Waals surface area contributed by atoms with E-state index in [1.165, 1.54) is 0 Å². The predicted octanol–water partition coefficient (Wildman–Crippen LogP) is 3.19. The van der Waals surface area contributed by atoms with E-state index in [1.807, 2.05) is 35.9 Å². The van der Waals surface area contributed by atoms with Crippen molar-refractivity contribution < 1.29 is 4.74 Å². The highest BCUT2D eigenvalue weighted by Gasteiger charge is 2.25. The molecule has 1 atom stereocenters. The Morgan fingerprint density at radius 1 is 1.47 bits per heavy atom. The van der Waals surface area contributed by atoms with Crippen molar-refractivity contribution in [3.05, 3.63) is 40.5 Å². The zero-order chi connectivity index (χ0) is 13.4. The van der Waals surface area contributed by atoms with Crippen LogP contribution in [0.4, 0.5) is 5.82 Å². The smallest absolute Gasteiger partial charge is 0.143 e. The average molecular weight is 278 g/mol. The lowest BCUT2D eigenvalue weighted by molar-refractivity contribution is 0.315. The highest BCUT2D eigenvalue weighted by Crippen LogP contribution is 2.39. The Hall–Kier alpha value is -1.68. The van der Waals surface area contributed by atoms with Crippen molar-refractivity contribution in [2.45, 2.75) is 25.8 Å². The van der Waals surface area contributed by atoms with E-state index in [9.17, 15) is 0 Å². The van der Waals surface area contributed by atoms with Gasteiger partial charge in [0.05, 0.1) is 23.4 Å². The summed E-state index contributed by atoms with van der Waals surface area (Å²) in [6.07, 6.45) is 1.90. The molecule has 0 saturated carbocycles. The molecule has 2 heterocycles. The molecule has 5 heteroatoms. The largest absolute Gasteiger partial charge is 0.492 e. The molecule has 0 aliphatic carbocycles. The summed E-state index contributed by atoms with van der Waals surface area (Å²) in [7, 11) is 0. The molecule has 2 aromatic rings. The van der Waals surface area contributed by atoms with Crippen LogP contribution in [-0.4, -0.2) is 16.4 Å². The number of halogens is 1. The van der Waals surface area contributed by atoms with Crippen molar-refractivity contribution in [3.8, 4) is 5.75 Å². The first-order chi connectivity index (χ1) is 9.16. The molecule has 1 aliphatic heterocycles. The Labute approximate surface area is 117 Å². The number of nitrogen functional groups attached to an aromatic ring is 1. The van der Waals surface area contributed by atoms with E-state index in [0.29, 0.717) is 17.4 Å². The quantitative estimate of drug-likeness (QED) is 0.871. The molecule has 0 spiro atoms. The van der Waals surface area contributed by atoms with Crippen LogP contribution in [0.25, 0.3) is 0 Å². The van der Waals surface area contributed by atoms with Gasteiger partial charge in [0, 0.05) is 11.6 Å². The molecule has 0 bridgehead atoms. The average Bonchev–Trinajstić information content (AvgIpc) is 2.61. The van der Waals surface area contributed by atoms with Crippen LogP contribution in [0.5, 0.6) is 5.75 Å². The van der Waals surface area contributed by atoms with Crippen molar-refractivity contribution in [2.75, 3.05) is 12.3 Å². The number of hydrogen-bond donors (Lipinski definition) is 1. The van der Waals surface area contributed by atoms with E-state index in [1.54, 1.807) is 0 Å². The summed E-state index contributed by atoms with van der Waals surface area (Å²) < 4.78 is 7.64. The van der Waals surface area contributed by atoms with Gasteiger partial charge in [0.15, 0.2) is 0 Å². The van der Waals surface area contributed by atoms with Crippen LogP contribution in [0.1, 0.15) is 30.1 Å². The SMILES string of the molecule is Cc1cc(N)n(C2CCCOc3c(Cl)cccc32)n1. The number of ether oxygens (including phenoxy) is 1. The summed E-state index contributed by atoms with van der Waals surface area (Å²) in [4.78, 5) is 0. The van der Waals surface area contributed by atoms with Gasteiger partial charge in [-0.15, -0.1) is 0 Å². The van der Waals surface area contributed by atoms with Crippen LogP contribution >= 0.6 is 11.6 Å². The summed E-state index contributed by atoms with van der Waals surface area (Å²) in [5.74, 6) is 1.44. The summed E-state index contributed by atoms with van der Waals surface area (Å²) in [6.45, 7) is 2.62. The minimum Gasteiger partial charge on any atom is -0.492 e. The van der Waals surface area contributed by atoms with Gasteiger partial charge >= 0.3 is 0 Å². The molecule has 100 valence electrons. The Morgan fingerprint density at radius 2 is 2.32 bits per heavy atom. The Balaban J connectivity index is 2.13. The molecule has 1 aromatic heterocycles. The number of rotatable bonds is 1. The van der Waals surface area contributed by atoms with Crippen molar-refractivity contribution in [1.82, 2.24) is 9.78 Å². The van der Waals surface area contributed by atoms with Gasteiger partial charge in [-0.05, 0) is 25.8 Å². The van der Waals surface area contributed by atoms with Gasteiger partial charge in [-0.25, -0.2) is 4.68 Å². The van der Waals surface area contributed by atoms with Crippen LogP contribution in [-0.2, 0) is 0 Å². The second-order valence-corrected chi connectivity index (χ2v) is 5.23. The third-order valence-corrected chi connectivity index (χ3v) is 3.70. The zero-order valence-electron chi connectivity index (χ0n) is 10.8. The Kier molecular flexibility index (Phi) is 3.11. The van der Waals surface area contributed by atoms with Gasteiger partial charge < -0.3 is 10.5 Å². The molecule has 0 radical (unpaired) electrons. The van der Waals surface area contributed by atoms with Gasteiger partial charge in [0.2, 0.25) is 0 Å². The van der Waals surface area contributed by atoms with E-state index >= 15 is 0 Å². The van der Waals surface area contributed by atoms with Crippen LogP contribution in [0.2, 0.25) is 5.02 Å². The van der Waals surface area contributed by atoms with Crippen LogP contribution in [0.15, 0.2) is 24.3 Å². The maximum absolute atomic E-state index is 6.23. The topological polar surface area (TPSA) is 53.1 Å².